The Labute approximate surface area is 95.4 Å². The number of carbonyl (C=O) groups is 2. The van der Waals surface area contributed by atoms with Crippen LogP contribution in [0.2, 0.25) is 0 Å². The van der Waals surface area contributed by atoms with Crippen molar-refractivity contribution in [3.05, 3.63) is 29.8 Å². The Morgan fingerprint density at radius 1 is 1.41 bits per heavy atom. The zero-order valence-corrected chi connectivity index (χ0v) is 8.40. The second-order valence-corrected chi connectivity index (χ2v) is 2.79. The third-order valence-corrected chi connectivity index (χ3v) is 1.68. The number of benzene rings is 1. The summed E-state index contributed by atoms with van der Waals surface area (Å²) in [6.45, 7) is 0. The molecule has 0 spiro atoms. The van der Waals surface area contributed by atoms with Crippen LogP contribution in [0.1, 0.15) is 5.56 Å². The van der Waals surface area contributed by atoms with Gasteiger partial charge in [0.2, 0.25) is 0 Å². The number of hydrogen-bond acceptors (Lipinski definition) is 5. The van der Waals surface area contributed by atoms with E-state index in [0.717, 1.165) is 6.21 Å². The second kappa shape index (κ2) is 5.27. The Hall–Kier alpha value is -2.88. The Morgan fingerprint density at radius 3 is 2.59 bits per heavy atom. The molecule has 0 saturated heterocycles. The van der Waals surface area contributed by atoms with Crippen LogP contribution >= 0.6 is 0 Å². The van der Waals surface area contributed by atoms with Gasteiger partial charge >= 0.3 is 18.4 Å². The Kier molecular flexibility index (Phi) is 3.78. The second-order valence-electron chi connectivity index (χ2n) is 2.79. The van der Waals surface area contributed by atoms with E-state index in [2.05, 4.69) is 4.74 Å². The van der Waals surface area contributed by atoms with Gasteiger partial charge in [-0.25, -0.2) is 4.79 Å². The summed E-state index contributed by atoms with van der Waals surface area (Å²) in [7, 11) is 0. The van der Waals surface area contributed by atoms with E-state index in [1.807, 2.05) is 0 Å². The van der Waals surface area contributed by atoms with Crippen LogP contribution in [-0.2, 0) is 4.74 Å². The van der Waals surface area contributed by atoms with Gasteiger partial charge in [-0.2, -0.15) is 4.79 Å². The summed E-state index contributed by atoms with van der Waals surface area (Å²) >= 11 is 0. The summed E-state index contributed by atoms with van der Waals surface area (Å²) in [4.78, 5) is 21.2. The van der Waals surface area contributed by atoms with Crippen LogP contribution in [0.3, 0.4) is 0 Å². The van der Waals surface area contributed by atoms with Gasteiger partial charge in [0.05, 0.1) is 5.56 Å². The monoisotopic (exact) mass is 235 g/mol. The number of amides is 1. The minimum Gasteiger partial charge on any atom is -0.507 e. The molecule has 0 aliphatic rings. The quantitative estimate of drug-likeness (QED) is 0.188. The Balaban J connectivity index is 3.04. The Morgan fingerprint density at radius 2 is 2.06 bits per heavy atom. The van der Waals surface area contributed by atoms with Crippen molar-refractivity contribution in [2.75, 3.05) is 0 Å². The van der Waals surface area contributed by atoms with Gasteiger partial charge in [-0.3, -0.25) is 0 Å². The molecule has 0 radical (unpaired) electrons. The first-order chi connectivity index (χ1) is 8.04. The molecule has 0 aliphatic heterocycles. The fraction of sp³-hybridized carbons (Fsp3) is 0. The number of nitrogens with zero attached hydrogens (tertiary/aromatic N) is 2. The fourth-order valence-corrected chi connectivity index (χ4v) is 0.982. The van der Waals surface area contributed by atoms with Gasteiger partial charge in [0.1, 0.15) is 12.0 Å². The molecule has 1 rings (SSSR count). The first kappa shape index (κ1) is 12.2. The third-order valence-electron chi connectivity index (χ3n) is 1.68. The molecule has 17 heavy (non-hydrogen) atoms. The van der Waals surface area contributed by atoms with E-state index in [1.165, 1.54) is 18.3 Å². The van der Waals surface area contributed by atoms with Crippen molar-refractivity contribution in [2.45, 2.75) is 0 Å². The van der Waals surface area contributed by atoms with Crippen molar-refractivity contribution in [3.63, 3.8) is 0 Å². The first-order valence-electron chi connectivity index (χ1n) is 4.31. The van der Waals surface area contributed by atoms with Crippen LogP contribution < -0.4 is 0 Å². The molecule has 0 saturated carbocycles. The fourth-order valence-electron chi connectivity index (χ4n) is 0.982. The normalized spacial score (nSPS) is 10.4. The highest BCUT2D eigenvalue weighted by Crippen LogP contribution is 2.12. The van der Waals surface area contributed by atoms with E-state index < -0.39 is 12.2 Å². The molecule has 0 aliphatic carbocycles. The topological polar surface area (TPSA) is 111 Å². The summed E-state index contributed by atoms with van der Waals surface area (Å²) in [5.74, 6) is -0.157. The molecule has 1 aromatic carbocycles. The molecule has 0 fully saturated rings. The highest BCUT2D eigenvalue weighted by atomic mass is 16.7. The molecular weight excluding hydrogens is 228 g/mol. The third kappa shape index (κ3) is 3.32. The van der Waals surface area contributed by atoms with Gasteiger partial charge in [0, 0.05) is 0 Å². The first-order valence-corrected chi connectivity index (χ1v) is 4.31. The molecular formula is C10H7N2O5+. The number of phenols is 1. The lowest BCUT2D eigenvalue weighted by Gasteiger charge is -1.96. The largest absolute Gasteiger partial charge is 0.531 e. The van der Waals surface area contributed by atoms with E-state index in [1.54, 1.807) is 12.1 Å². The summed E-state index contributed by atoms with van der Waals surface area (Å²) in [6.07, 6.45) is -0.820. The lowest BCUT2D eigenvalue weighted by Crippen LogP contribution is -2.21. The molecule has 0 bridgehead atoms. The summed E-state index contributed by atoms with van der Waals surface area (Å²) < 4.78 is 4.13. The smallest absolute Gasteiger partial charge is 0.507 e. The summed E-state index contributed by atoms with van der Waals surface area (Å²) in [5.41, 5.74) is 0.177. The van der Waals surface area contributed by atoms with Crippen LogP contribution in [0.4, 0.5) is 9.59 Å². The average molecular weight is 235 g/mol. The molecule has 0 heterocycles. The molecule has 1 aromatic rings. The van der Waals surface area contributed by atoms with Crippen LogP contribution in [0.5, 0.6) is 5.75 Å². The lowest BCUT2D eigenvalue weighted by atomic mass is 10.2. The highest BCUT2D eigenvalue weighted by Gasteiger charge is 2.20. The van der Waals surface area contributed by atoms with Gasteiger partial charge in [0.15, 0.2) is 5.26 Å². The zero-order chi connectivity index (χ0) is 12.8. The van der Waals surface area contributed by atoms with Crippen molar-refractivity contribution >= 4 is 18.5 Å². The number of rotatable bonds is 1. The number of aromatic hydroxyl groups is 1. The van der Waals surface area contributed by atoms with E-state index >= 15 is 0 Å². The van der Waals surface area contributed by atoms with Gasteiger partial charge in [-0.15, -0.1) is 0 Å². The van der Waals surface area contributed by atoms with Gasteiger partial charge in [-0.05, 0) is 12.1 Å². The van der Waals surface area contributed by atoms with Crippen molar-refractivity contribution < 1.29 is 29.1 Å². The molecule has 0 atom stereocenters. The summed E-state index contributed by atoms with van der Waals surface area (Å²) in [6, 6.07) is 5.92. The number of phenolic OH excluding ortho intramolecular Hbond substituents is 1. The predicted octanol–water partition coefficient (Wildman–Crippen LogP) is 1.12. The molecule has 2 N–H and O–H groups in total. The maximum absolute atomic E-state index is 11.1. The average Bonchev–Trinajstić information content (AvgIpc) is 2.27. The Bertz CT molecular complexity index is 530. The standard InChI is InChI=1S/C10H6N2O5/c11-6-12(9(14)17-10(15)16)5-7-3-1-2-4-8(7)13/h1-5H,(H,15,16)/p+1. The van der Waals surface area contributed by atoms with Crippen LogP contribution in [0.25, 0.3) is 0 Å². The summed E-state index contributed by atoms with van der Waals surface area (Å²) in [5, 5.41) is 26.2. The van der Waals surface area contributed by atoms with Crippen LogP contribution in [-0.4, -0.2) is 33.3 Å². The highest BCUT2D eigenvalue weighted by molar-refractivity contribution is 5.85. The minimum atomic E-state index is -1.82. The van der Waals surface area contributed by atoms with Crippen molar-refractivity contribution in [2.24, 2.45) is 0 Å². The predicted molar refractivity (Wildman–Crippen MR) is 53.7 cm³/mol. The molecule has 0 aromatic heterocycles. The van der Waals surface area contributed by atoms with E-state index in [4.69, 9.17) is 10.4 Å². The minimum absolute atomic E-state index is 0.157. The number of hydrogen-bond donors (Lipinski definition) is 2. The van der Waals surface area contributed by atoms with Gasteiger partial charge in [0.25, 0.3) is 0 Å². The SMILES string of the molecule is N#C[N+](=Cc1ccccc1O)C(=O)OC(=O)O. The number of nitriles is 1. The van der Waals surface area contributed by atoms with Crippen molar-refractivity contribution in [1.82, 2.24) is 0 Å². The van der Waals surface area contributed by atoms with Gasteiger partial charge in [-0.1, -0.05) is 16.7 Å². The van der Waals surface area contributed by atoms with Crippen molar-refractivity contribution in [3.8, 4) is 11.9 Å². The molecule has 86 valence electrons. The number of carbonyl (C=O) groups excluding carboxylic acids is 1. The van der Waals surface area contributed by atoms with Crippen LogP contribution in [0, 0.1) is 11.5 Å². The number of para-hydroxylation sites is 1. The van der Waals surface area contributed by atoms with E-state index in [9.17, 15) is 14.7 Å². The molecule has 7 nitrogen and oxygen atoms in total. The van der Waals surface area contributed by atoms with Crippen molar-refractivity contribution in [1.29, 1.82) is 5.26 Å². The van der Waals surface area contributed by atoms with E-state index in [-0.39, 0.29) is 11.3 Å². The van der Waals surface area contributed by atoms with Crippen LogP contribution in [0.15, 0.2) is 24.3 Å². The van der Waals surface area contributed by atoms with Gasteiger partial charge < -0.3 is 14.9 Å². The lowest BCUT2D eigenvalue weighted by molar-refractivity contribution is -0.345. The number of ether oxygens (including phenoxy) is 1. The van der Waals surface area contributed by atoms with E-state index in [0.29, 0.717) is 4.58 Å². The molecule has 0 unspecified atom stereocenters. The maximum atomic E-state index is 11.1. The molecule has 1 amide bonds. The maximum Gasteiger partial charge on any atom is 0.531 e. The molecule has 7 heteroatoms. The zero-order valence-electron chi connectivity index (χ0n) is 8.40. The number of carboxylic acid groups (broad SMARTS) is 1.